The quantitative estimate of drug-likeness (QED) is 0.689. The molecule has 2 aromatic heterocycles. The minimum absolute atomic E-state index is 0.121. The zero-order valence-electron chi connectivity index (χ0n) is 11.8. The normalized spacial score (nSPS) is 10.7. The van der Waals surface area contributed by atoms with Crippen LogP contribution in [0.5, 0.6) is 5.75 Å². The molecule has 0 fully saturated rings. The second kappa shape index (κ2) is 6.29. The molecule has 2 heterocycles. The number of halogens is 2. The molecule has 0 bridgehead atoms. The van der Waals surface area contributed by atoms with E-state index in [0.717, 1.165) is 0 Å². The highest BCUT2D eigenvalue weighted by Crippen LogP contribution is 2.30. The van der Waals surface area contributed by atoms with Crippen LogP contribution in [0, 0.1) is 5.82 Å². The Balaban J connectivity index is 1.88. The molecule has 0 aliphatic rings. The van der Waals surface area contributed by atoms with Crippen molar-refractivity contribution < 1.29 is 14.3 Å². The van der Waals surface area contributed by atoms with Crippen LogP contribution >= 0.6 is 15.9 Å². The fourth-order valence-corrected chi connectivity index (χ4v) is 2.65. The van der Waals surface area contributed by atoms with Crippen LogP contribution in [0.1, 0.15) is 16.1 Å². The molecule has 0 unspecified atom stereocenters. The summed E-state index contributed by atoms with van der Waals surface area (Å²) in [5.74, 6) is -1.24. The van der Waals surface area contributed by atoms with Gasteiger partial charge in [0.15, 0.2) is 11.4 Å². The Morgan fingerprint density at radius 1 is 1.30 bits per heavy atom. The minimum atomic E-state index is -0.569. The molecule has 5 nitrogen and oxygen atoms in total. The summed E-state index contributed by atoms with van der Waals surface area (Å²) in [6, 6.07) is 9.33. The predicted octanol–water partition coefficient (Wildman–Crippen LogP) is 3.17. The number of nitrogens with zero attached hydrogens (tertiary/aromatic N) is 2. The Kier molecular flexibility index (Phi) is 4.20. The van der Waals surface area contributed by atoms with E-state index in [1.807, 2.05) is 0 Å². The van der Waals surface area contributed by atoms with Gasteiger partial charge < -0.3 is 10.4 Å². The molecule has 0 radical (unpaired) electrons. The van der Waals surface area contributed by atoms with Gasteiger partial charge in [0.25, 0.3) is 5.91 Å². The molecule has 2 N–H and O–H groups in total. The van der Waals surface area contributed by atoms with Gasteiger partial charge in [0, 0.05) is 18.1 Å². The number of hydrogen-bond acceptors (Lipinski definition) is 4. The molecular formula is C16H11BrFN3O2. The van der Waals surface area contributed by atoms with Gasteiger partial charge in [-0.2, -0.15) is 0 Å². The number of benzene rings is 1. The second-order valence-electron chi connectivity index (χ2n) is 4.81. The van der Waals surface area contributed by atoms with Crippen molar-refractivity contribution in [2.45, 2.75) is 6.54 Å². The van der Waals surface area contributed by atoms with Crippen LogP contribution in [0.25, 0.3) is 10.9 Å². The fraction of sp³-hybridized carbons (Fsp3) is 0.0625. The van der Waals surface area contributed by atoms with Crippen molar-refractivity contribution in [1.29, 1.82) is 0 Å². The third kappa shape index (κ3) is 3.14. The van der Waals surface area contributed by atoms with E-state index in [0.29, 0.717) is 15.6 Å². The van der Waals surface area contributed by atoms with E-state index in [-0.39, 0.29) is 29.3 Å². The summed E-state index contributed by atoms with van der Waals surface area (Å²) in [6.07, 6.45) is 1.52. The van der Waals surface area contributed by atoms with Crippen molar-refractivity contribution >= 4 is 32.7 Å². The average Bonchev–Trinajstić information content (AvgIpc) is 2.56. The highest BCUT2D eigenvalue weighted by molar-refractivity contribution is 9.10. The Morgan fingerprint density at radius 2 is 2.13 bits per heavy atom. The van der Waals surface area contributed by atoms with Crippen LogP contribution < -0.4 is 5.32 Å². The van der Waals surface area contributed by atoms with Crippen LogP contribution in [-0.2, 0) is 6.54 Å². The molecule has 1 amide bonds. The molecule has 0 aliphatic heterocycles. The summed E-state index contributed by atoms with van der Waals surface area (Å²) in [5, 5.41) is 13.4. The lowest BCUT2D eigenvalue weighted by Gasteiger charge is -2.09. The van der Waals surface area contributed by atoms with E-state index in [2.05, 4.69) is 31.2 Å². The van der Waals surface area contributed by atoms with E-state index in [1.54, 1.807) is 24.3 Å². The summed E-state index contributed by atoms with van der Waals surface area (Å²) in [4.78, 5) is 20.4. The second-order valence-corrected chi connectivity index (χ2v) is 5.56. The molecule has 7 heteroatoms. The van der Waals surface area contributed by atoms with Crippen molar-refractivity contribution in [3.63, 3.8) is 0 Å². The molecule has 1 aromatic carbocycles. The molecule has 0 spiro atoms. The number of aromatic nitrogens is 2. The smallest absolute Gasteiger partial charge is 0.274 e. The molecule has 3 rings (SSSR count). The molecule has 0 saturated heterocycles. The van der Waals surface area contributed by atoms with Crippen LogP contribution in [0.15, 0.2) is 47.2 Å². The van der Waals surface area contributed by atoms with Gasteiger partial charge in [-0.25, -0.2) is 9.37 Å². The Bertz CT molecular complexity index is 902. The minimum Gasteiger partial charge on any atom is -0.504 e. The first kappa shape index (κ1) is 15.4. The van der Waals surface area contributed by atoms with E-state index < -0.39 is 5.91 Å². The number of fused-ring (bicyclic) bond motifs is 1. The summed E-state index contributed by atoms with van der Waals surface area (Å²) < 4.78 is 13.5. The van der Waals surface area contributed by atoms with Gasteiger partial charge in [0.2, 0.25) is 0 Å². The SMILES string of the molecule is O=C(NCc1cccc(F)c1)c1nc(Br)c2cccnc2c1O. The topological polar surface area (TPSA) is 75.1 Å². The largest absolute Gasteiger partial charge is 0.504 e. The maximum absolute atomic E-state index is 13.1. The number of nitrogens with one attached hydrogen (secondary N) is 1. The number of carbonyl (C=O) groups excluding carboxylic acids is 1. The molecule has 0 saturated carbocycles. The summed E-state index contributed by atoms with van der Waals surface area (Å²) in [5.41, 5.74) is 0.751. The molecule has 23 heavy (non-hydrogen) atoms. The van der Waals surface area contributed by atoms with Crippen LogP contribution in [0.4, 0.5) is 4.39 Å². The fourth-order valence-electron chi connectivity index (χ4n) is 2.16. The van der Waals surface area contributed by atoms with Crippen molar-refractivity contribution in [2.24, 2.45) is 0 Å². The zero-order chi connectivity index (χ0) is 16.4. The maximum Gasteiger partial charge on any atom is 0.274 e. The first-order chi connectivity index (χ1) is 11.1. The summed E-state index contributed by atoms with van der Waals surface area (Å²) >= 11 is 3.26. The van der Waals surface area contributed by atoms with Gasteiger partial charge in [0.05, 0.1) is 0 Å². The van der Waals surface area contributed by atoms with Gasteiger partial charge >= 0.3 is 0 Å². The van der Waals surface area contributed by atoms with E-state index in [4.69, 9.17) is 0 Å². The lowest BCUT2D eigenvalue weighted by Crippen LogP contribution is -2.24. The third-order valence-electron chi connectivity index (χ3n) is 3.25. The highest BCUT2D eigenvalue weighted by atomic mass is 79.9. The monoisotopic (exact) mass is 375 g/mol. The van der Waals surface area contributed by atoms with E-state index in [9.17, 15) is 14.3 Å². The van der Waals surface area contributed by atoms with Crippen molar-refractivity contribution in [3.8, 4) is 5.75 Å². The van der Waals surface area contributed by atoms with Crippen LogP contribution in [0.2, 0.25) is 0 Å². The van der Waals surface area contributed by atoms with E-state index in [1.165, 1.54) is 18.3 Å². The van der Waals surface area contributed by atoms with E-state index >= 15 is 0 Å². The lowest BCUT2D eigenvalue weighted by atomic mass is 10.2. The van der Waals surface area contributed by atoms with Crippen molar-refractivity contribution in [1.82, 2.24) is 15.3 Å². The molecular weight excluding hydrogens is 365 g/mol. The number of aromatic hydroxyl groups is 1. The number of carbonyl (C=O) groups is 1. The van der Waals surface area contributed by atoms with Gasteiger partial charge in [-0.15, -0.1) is 0 Å². The number of amides is 1. The summed E-state index contributed by atoms with van der Waals surface area (Å²) in [6.45, 7) is 0.121. The average molecular weight is 376 g/mol. The molecule has 3 aromatic rings. The van der Waals surface area contributed by atoms with Crippen LogP contribution in [0.3, 0.4) is 0 Å². The van der Waals surface area contributed by atoms with Gasteiger partial charge in [-0.1, -0.05) is 12.1 Å². The molecule has 0 atom stereocenters. The molecule has 116 valence electrons. The summed E-state index contributed by atoms with van der Waals surface area (Å²) in [7, 11) is 0. The Hall–Kier alpha value is -2.54. The van der Waals surface area contributed by atoms with Gasteiger partial charge in [-0.3, -0.25) is 9.78 Å². The Morgan fingerprint density at radius 3 is 2.91 bits per heavy atom. The first-order valence-electron chi connectivity index (χ1n) is 6.72. The number of pyridine rings is 2. The Labute approximate surface area is 139 Å². The van der Waals surface area contributed by atoms with Crippen molar-refractivity contribution in [3.05, 3.63) is 64.3 Å². The standard InChI is InChI=1S/C16H11BrFN3O2/c17-15-11-5-2-6-19-12(11)14(22)13(21-15)16(23)20-8-9-3-1-4-10(18)7-9/h1-7,22H,8H2,(H,20,23). The lowest BCUT2D eigenvalue weighted by molar-refractivity contribution is 0.0943. The maximum atomic E-state index is 13.1. The molecule has 0 aliphatic carbocycles. The predicted molar refractivity (Wildman–Crippen MR) is 86.5 cm³/mol. The van der Waals surface area contributed by atoms with Gasteiger partial charge in [0.1, 0.15) is 15.9 Å². The number of hydrogen-bond donors (Lipinski definition) is 2. The van der Waals surface area contributed by atoms with Crippen molar-refractivity contribution in [2.75, 3.05) is 0 Å². The highest BCUT2D eigenvalue weighted by Gasteiger charge is 2.18. The third-order valence-corrected chi connectivity index (χ3v) is 3.85. The zero-order valence-corrected chi connectivity index (χ0v) is 13.3. The van der Waals surface area contributed by atoms with Gasteiger partial charge in [-0.05, 0) is 45.8 Å². The van der Waals surface area contributed by atoms with Crippen LogP contribution in [-0.4, -0.2) is 21.0 Å². The number of rotatable bonds is 3. The first-order valence-corrected chi connectivity index (χ1v) is 7.51.